The molecular formula is C13H18ClFN2OS. The van der Waals surface area contributed by atoms with Crippen LogP contribution in [0.2, 0.25) is 0 Å². The van der Waals surface area contributed by atoms with Crippen LogP contribution in [-0.4, -0.2) is 30.0 Å². The van der Waals surface area contributed by atoms with Gasteiger partial charge in [-0.2, -0.15) is 11.8 Å². The van der Waals surface area contributed by atoms with Crippen LogP contribution >= 0.6 is 24.2 Å². The maximum absolute atomic E-state index is 13.1. The monoisotopic (exact) mass is 304 g/mol. The van der Waals surface area contributed by atoms with Gasteiger partial charge in [0, 0.05) is 36.2 Å². The second kappa shape index (κ2) is 7.72. The number of amides is 1. The average molecular weight is 305 g/mol. The fourth-order valence-electron chi connectivity index (χ4n) is 1.91. The zero-order valence-corrected chi connectivity index (χ0v) is 12.4. The van der Waals surface area contributed by atoms with E-state index in [1.165, 1.54) is 6.07 Å². The van der Waals surface area contributed by atoms with Crippen LogP contribution in [0.25, 0.3) is 0 Å². The average Bonchev–Trinajstić information content (AvgIpc) is 2.35. The highest BCUT2D eigenvalue weighted by molar-refractivity contribution is 7.99. The highest BCUT2D eigenvalue weighted by atomic mass is 35.5. The lowest BCUT2D eigenvalue weighted by atomic mass is 10.2. The van der Waals surface area contributed by atoms with E-state index < -0.39 is 0 Å². The molecule has 2 rings (SSSR count). The first kappa shape index (κ1) is 16.3. The smallest absolute Gasteiger partial charge is 0.225 e. The molecule has 1 heterocycles. The van der Waals surface area contributed by atoms with Gasteiger partial charge in [-0.05, 0) is 30.7 Å². The van der Waals surface area contributed by atoms with Crippen molar-refractivity contribution in [2.45, 2.75) is 19.4 Å². The quantitative estimate of drug-likeness (QED) is 0.902. The van der Waals surface area contributed by atoms with Crippen molar-refractivity contribution in [1.29, 1.82) is 0 Å². The van der Waals surface area contributed by atoms with Crippen LogP contribution < -0.4 is 10.6 Å². The summed E-state index contributed by atoms with van der Waals surface area (Å²) in [5.41, 5.74) is 1.20. The third kappa shape index (κ3) is 5.01. The lowest BCUT2D eigenvalue weighted by Crippen LogP contribution is -2.39. The first-order valence-electron chi connectivity index (χ1n) is 6.02. The number of carbonyl (C=O) groups is 1. The molecule has 0 aliphatic carbocycles. The second-order valence-corrected chi connectivity index (χ2v) is 5.59. The number of rotatable bonds is 3. The van der Waals surface area contributed by atoms with E-state index >= 15 is 0 Å². The molecular weight excluding hydrogens is 287 g/mol. The third-order valence-corrected chi connectivity index (χ3v) is 4.00. The number of anilines is 1. The van der Waals surface area contributed by atoms with E-state index in [-0.39, 0.29) is 30.2 Å². The van der Waals surface area contributed by atoms with Crippen LogP contribution in [0.5, 0.6) is 0 Å². The first-order chi connectivity index (χ1) is 8.65. The Hall–Kier alpha value is -0.780. The first-order valence-corrected chi connectivity index (χ1v) is 7.18. The van der Waals surface area contributed by atoms with E-state index in [1.54, 1.807) is 19.1 Å². The molecule has 0 aromatic heterocycles. The highest BCUT2D eigenvalue weighted by Gasteiger charge is 2.16. The van der Waals surface area contributed by atoms with Crippen LogP contribution in [0.1, 0.15) is 12.0 Å². The summed E-state index contributed by atoms with van der Waals surface area (Å²) in [4.78, 5) is 11.8. The van der Waals surface area contributed by atoms with Crippen molar-refractivity contribution in [1.82, 2.24) is 5.32 Å². The van der Waals surface area contributed by atoms with Crippen LogP contribution in [0.4, 0.5) is 10.1 Å². The molecule has 2 N–H and O–H groups in total. The third-order valence-electron chi connectivity index (χ3n) is 2.87. The molecule has 1 aromatic rings. The topological polar surface area (TPSA) is 41.1 Å². The molecule has 1 aromatic carbocycles. The van der Waals surface area contributed by atoms with Crippen molar-refractivity contribution < 1.29 is 9.18 Å². The molecule has 1 saturated heterocycles. The predicted molar refractivity (Wildman–Crippen MR) is 80.7 cm³/mol. The van der Waals surface area contributed by atoms with Gasteiger partial charge in [-0.15, -0.1) is 12.4 Å². The van der Waals surface area contributed by atoms with Gasteiger partial charge in [0.15, 0.2) is 0 Å². The second-order valence-electron chi connectivity index (χ2n) is 4.44. The summed E-state index contributed by atoms with van der Waals surface area (Å²) < 4.78 is 13.1. The molecule has 19 heavy (non-hydrogen) atoms. The molecule has 3 nitrogen and oxygen atoms in total. The SMILES string of the molecule is Cc1cc(NC(=O)CC2CSCCN2)ccc1F.Cl. The Kier molecular flexibility index (Phi) is 6.62. The molecule has 0 saturated carbocycles. The summed E-state index contributed by atoms with van der Waals surface area (Å²) in [5.74, 6) is 1.80. The summed E-state index contributed by atoms with van der Waals surface area (Å²) in [6, 6.07) is 4.85. The van der Waals surface area contributed by atoms with Crippen molar-refractivity contribution in [3.05, 3.63) is 29.6 Å². The molecule has 1 aliphatic heterocycles. The Morgan fingerprint density at radius 1 is 1.58 bits per heavy atom. The lowest BCUT2D eigenvalue weighted by molar-refractivity contribution is -0.116. The van der Waals surface area contributed by atoms with Crippen molar-refractivity contribution >= 4 is 35.8 Å². The van der Waals surface area contributed by atoms with Crippen molar-refractivity contribution in [3.8, 4) is 0 Å². The van der Waals surface area contributed by atoms with E-state index in [0.717, 1.165) is 18.1 Å². The van der Waals surface area contributed by atoms with E-state index in [1.807, 2.05) is 11.8 Å². The van der Waals surface area contributed by atoms with Crippen molar-refractivity contribution in [2.75, 3.05) is 23.4 Å². The number of carbonyl (C=O) groups excluding carboxylic acids is 1. The molecule has 6 heteroatoms. The number of nitrogens with one attached hydrogen (secondary N) is 2. The van der Waals surface area contributed by atoms with Gasteiger partial charge in [0.25, 0.3) is 0 Å². The van der Waals surface area contributed by atoms with E-state index in [9.17, 15) is 9.18 Å². The molecule has 0 spiro atoms. The van der Waals surface area contributed by atoms with Gasteiger partial charge in [-0.3, -0.25) is 4.79 Å². The van der Waals surface area contributed by atoms with Gasteiger partial charge in [-0.1, -0.05) is 0 Å². The molecule has 0 bridgehead atoms. The van der Waals surface area contributed by atoms with Gasteiger partial charge in [0.1, 0.15) is 5.82 Å². The highest BCUT2D eigenvalue weighted by Crippen LogP contribution is 2.15. The Balaban J connectivity index is 0.00000180. The van der Waals surface area contributed by atoms with Gasteiger partial charge in [0.2, 0.25) is 5.91 Å². The Morgan fingerprint density at radius 2 is 2.37 bits per heavy atom. The number of hydrogen-bond acceptors (Lipinski definition) is 3. The minimum atomic E-state index is -0.252. The standard InChI is InChI=1S/C13H17FN2OS.ClH/c1-9-6-10(2-3-12(9)14)16-13(17)7-11-8-18-5-4-15-11;/h2-3,6,11,15H,4-5,7-8H2,1H3,(H,16,17);1H. The van der Waals surface area contributed by atoms with E-state index in [4.69, 9.17) is 0 Å². The van der Waals surface area contributed by atoms with Gasteiger partial charge in [-0.25, -0.2) is 4.39 Å². The largest absolute Gasteiger partial charge is 0.326 e. The summed E-state index contributed by atoms with van der Waals surface area (Å²) in [7, 11) is 0. The minimum Gasteiger partial charge on any atom is -0.326 e. The summed E-state index contributed by atoms with van der Waals surface area (Å²) in [6.45, 7) is 2.64. The number of benzene rings is 1. The zero-order chi connectivity index (χ0) is 13.0. The number of halogens is 2. The Labute approximate surface area is 123 Å². The molecule has 1 atom stereocenters. The molecule has 106 valence electrons. The normalized spacial score (nSPS) is 18.5. The van der Waals surface area contributed by atoms with Crippen LogP contribution in [0.3, 0.4) is 0 Å². The predicted octanol–water partition coefficient (Wildman–Crippen LogP) is 2.59. The maximum atomic E-state index is 13.1. The van der Waals surface area contributed by atoms with Gasteiger partial charge in [0.05, 0.1) is 0 Å². The van der Waals surface area contributed by atoms with Crippen LogP contribution in [-0.2, 0) is 4.79 Å². The Bertz CT molecular complexity index is 439. The number of aryl methyl sites for hydroxylation is 1. The summed E-state index contributed by atoms with van der Waals surface area (Å²) in [5, 5.41) is 6.12. The van der Waals surface area contributed by atoms with Gasteiger partial charge < -0.3 is 10.6 Å². The fourth-order valence-corrected chi connectivity index (χ4v) is 2.86. The van der Waals surface area contributed by atoms with Crippen LogP contribution in [0.15, 0.2) is 18.2 Å². The minimum absolute atomic E-state index is 0. The van der Waals surface area contributed by atoms with Gasteiger partial charge >= 0.3 is 0 Å². The maximum Gasteiger partial charge on any atom is 0.225 e. The van der Waals surface area contributed by atoms with Crippen LogP contribution in [0, 0.1) is 12.7 Å². The van der Waals surface area contributed by atoms with Crippen molar-refractivity contribution in [3.63, 3.8) is 0 Å². The zero-order valence-electron chi connectivity index (χ0n) is 10.7. The summed E-state index contributed by atoms with van der Waals surface area (Å²) >= 11 is 1.86. The van der Waals surface area contributed by atoms with E-state index in [0.29, 0.717) is 17.7 Å². The molecule has 1 aliphatic rings. The van der Waals surface area contributed by atoms with Crippen molar-refractivity contribution in [2.24, 2.45) is 0 Å². The lowest BCUT2D eigenvalue weighted by Gasteiger charge is -2.22. The number of hydrogen-bond donors (Lipinski definition) is 2. The molecule has 0 radical (unpaired) electrons. The number of thioether (sulfide) groups is 1. The summed E-state index contributed by atoms with van der Waals surface area (Å²) in [6.07, 6.45) is 0.462. The molecule has 1 unspecified atom stereocenters. The molecule has 1 amide bonds. The Morgan fingerprint density at radius 3 is 3.00 bits per heavy atom. The molecule has 1 fully saturated rings. The fraction of sp³-hybridized carbons (Fsp3) is 0.462. The van der Waals surface area contributed by atoms with E-state index in [2.05, 4.69) is 10.6 Å².